The molecular formula is C23H28N4OS. The lowest BCUT2D eigenvalue weighted by atomic mass is 10.0. The van der Waals surface area contributed by atoms with Crippen molar-refractivity contribution in [2.45, 2.75) is 44.9 Å². The number of hydrogen-bond donors (Lipinski definition) is 0. The number of nitrogens with zero attached hydrogens (tertiary/aromatic N) is 4. The molecule has 29 heavy (non-hydrogen) atoms. The van der Waals surface area contributed by atoms with Gasteiger partial charge in [-0.15, -0.1) is 10.2 Å². The highest BCUT2D eigenvalue weighted by molar-refractivity contribution is 7.99. The minimum Gasteiger partial charge on any atom is -0.333 e. The lowest BCUT2D eigenvalue weighted by Gasteiger charge is -2.36. The van der Waals surface area contributed by atoms with Crippen LogP contribution in [0.2, 0.25) is 0 Å². The van der Waals surface area contributed by atoms with Crippen LogP contribution in [0.3, 0.4) is 0 Å². The number of aryl methyl sites for hydroxylation is 1. The van der Waals surface area contributed by atoms with Gasteiger partial charge in [0.2, 0.25) is 5.91 Å². The summed E-state index contributed by atoms with van der Waals surface area (Å²) in [5.41, 5.74) is 3.07. The van der Waals surface area contributed by atoms with Crippen molar-refractivity contribution >= 4 is 17.7 Å². The number of hydrogen-bond acceptors (Lipinski definition) is 4. The lowest BCUT2D eigenvalue weighted by Crippen LogP contribution is -2.45. The molecule has 2 aromatic carbocycles. The molecule has 5 nitrogen and oxygen atoms in total. The Balaban J connectivity index is 1.73. The van der Waals surface area contributed by atoms with Crippen molar-refractivity contribution in [2.75, 3.05) is 5.75 Å². The second kappa shape index (κ2) is 8.82. The van der Waals surface area contributed by atoms with Gasteiger partial charge in [-0.25, -0.2) is 0 Å². The topological polar surface area (TPSA) is 51.0 Å². The molecule has 3 rings (SSSR count). The second-order valence-electron chi connectivity index (χ2n) is 8.11. The monoisotopic (exact) mass is 408 g/mol. The normalized spacial score (nSPS) is 11.5. The van der Waals surface area contributed by atoms with Crippen molar-refractivity contribution in [3.63, 3.8) is 0 Å². The predicted octanol–water partition coefficient (Wildman–Crippen LogP) is 4.71. The van der Waals surface area contributed by atoms with Crippen molar-refractivity contribution in [1.82, 2.24) is 19.7 Å². The fourth-order valence-electron chi connectivity index (χ4n) is 3.17. The van der Waals surface area contributed by atoms with Gasteiger partial charge in [0, 0.05) is 24.7 Å². The van der Waals surface area contributed by atoms with E-state index in [1.165, 1.54) is 11.8 Å². The van der Waals surface area contributed by atoms with E-state index in [4.69, 9.17) is 0 Å². The molecule has 152 valence electrons. The van der Waals surface area contributed by atoms with Crippen LogP contribution in [-0.4, -0.2) is 36.9 Å². The van der Waals surface area contributed by atoms with Gasteiger partial charge in [0.15, 0.2) is 11.0 Å². The van der Waals surface area contributed by atoms with Gasteiger partial charge in [0.05, 0.1) is 5.75 Å². The van der Waals surface area contributed by atoms with E-state index in [9.17, 15) is 4.79 Å². The van der Waals surface area contributed by atoms with Crippen LogP contribution in [-0.2, 0) is 18.4 Å². The van der Waals surface area contributed by atoms with Crippen LogP contribution in [0.5, 0.6) is 0 Å². The lowest BCUT2D eigenvalue weighted by molar-refractivity contribution is -0.133. The van der Waals surface area contributed by atoms with E-state index in [2.05, 4.69) is 56.1 Å². The zero-order valence-electron chi connectivity index (χ0n) is 17.7. The van der Waals surface area contributed by atoms with Crippen LogP contribution in [0.1, 0.15) is 31.9 Å². The van der Waals surface area contributed by atoms with E-state index in [1.807, 2.05) is 52.9 Å². The Morgan fingerprint density at radius 3 is 2.34 bits per heavy atom. The largest absolute Gasteiger partial charge is 0.333 e. The summed E-state index contributed by atoms with van der Waals surface area (Å²) in [6.07, 6.45) is 0. The summed E-state index contributed by atoms with van der Waals surface area (Å²) in [4.78, 5) is 15.0. The van der Waals surface area contributed by atoms with Crippen LogP contribution in [0.15, 0.2) is 59.8 Å². The molecule has 0 radical (unpaired) electrons. The molecule has 0 aliphatic rings. The molecule has 0 saturated carbocycles. The van der Waals surface area contributed by atoms with Gasteiger partial charge in [-0.3, -0.25) is 4.79 Å². The third kappa shape index (κ3) is 5.07. The van der Waals surface area contributed by atoms with Crippen molar-refractivity contribution in [3.8, 4) is 11.4 Å². The number of carbonyl (C=O) groups excluding carboxylic acids is 1. The summed E-state index contributed by atoms with van der Waals surface area (Å²) < 4.78 is 1.96. The Bertz CT molecular complexity index is 976. The molecule has 0 bridgehead atoms. The quantitative estimate of drug-likeness (QED) is 0.554. The van der Waals surface area contributed by atoms with Gasteiger partial charge in [-0.2, -0.15) is 0 Å². The Hall–Kier alpha value is -2.60. The molecule has 0 atom stereocenters. The summed E-state index contributed by atoms with van der Waals surface area (Å²) >= 11 is 1.43. The van der Waals surface area contributed by atoms with E-state index in [0.29, 0.717) is 12.3 Å². The van der Waals surface area contributed by atoms with Crippen LogP contribution in [0.4, 0.5) is 0 Å². The first-order valence-electron chi connectivity index (χ1n) is 9.70. The van der Waals surface area contributed by atoms with Crippen LogP contribution >= 0.6 is 11.8 Å². The molecular weight excluding hydrogens is 380 g/mol. The fourth-order valence-corrected chi connectivity index (χ4v) is 3.96. The first-order chi connectivity index (χ1) is 13.8. The number of aromatic nitrogens is 3. The van der Waals surface area contributed by atoms with E-state index in [0.717, 1.165) is 27.7 Å². The molecule has 0 aliphatic heterocycles. The van der Waals surface area contributed by atoms with Gasteiger partial charge in [-0.1, -0.05) is 66.4 Å². The predicted molar refractivity (Wildman–Crippen MR) is 119 cm³/mol. The highest BCUT2D eigenvalue weighted by Gasteiger charge is 2.27. The number of thioether (sulfide) groups is 1. The smallest absolute Gasteiger partial charge is 0.233 e. The van der Waals surface area contributed by atoms with Gasteiger partial charge in [0.1, 0.15) is 0 Å². The fraction of sp³-hybridized carbons (Fsp3) is 0.348. The molecule has 0 fully saturated rings. The zero-order valence-corrected chi connectivity index (χ0v) is 18.5. The van der Waals surface area contributed by atoms with Crippen molar-refractivity contribution in [3.05, 3.63) is 65.7 Å². The number of amides is 1. The van der Waals surface area contributed by atoms with E-state index < -0.39 is 0 Å². The molecule has 0 N–H and O–H groups in total. The molecule has 1 aromatic heterocycles. The first-order valence-corrected chi connectivity index (χ1v) is 10.7. The highest BCUT2D eigenvalue weighted by Crippen LogP contribution is 2.26. The summed E-state index contributed by atoms with van der Waals surface area (Å²) in [6, 6.07) is 18.2. The maximum Gasteiger partial charge on any atom is 0.233 e. The van der Waals surface area contributed by atoms with Crippen LogP contribution in [0.25, 0.3) is 11.4 Å². The van der Waals surface area contributed by atoms with E-state index in [-0.39, 0.29) is 11.4 Å². The SMILES string of the molecule is Cc1ccccc1-c1nnc(SCC(=O)N(Cc2ccccc2)C(C)(C)C)n1C. The standard InChI is InChI=1S/C23H28N4OS/c1-17-11-9-10-14-19(17)21-24-25-22(26(21)5)29-16-20(28)27(23(2,3)4)15-18-12-7-6-8-13-18/h6-14H,15-16H2,1-5H3. The zero-order chi connectivity index (χ0) is 21.0. The molecule has 0 saturated heterocycles. The molecule has 0 unspecified atom stereocenters. The highest BCUT2D eigenvalue weighted by atomic mass is 32.2. The second-order valence-corrected chi connectivity index (χ2v) is 9.05. The minimum atomic E-state index is -0.264. The molecule has 3 aromatic rings. The number of carbonyl (C=O) groups is 1. The third-order valence-corrected chi connectivity index (χ3v) is 5.84. The number of benzene rings is 2. The first kappa shape index (κ1) is 21.1. The third-order valence-electron chi connectivity index (χ3n) is 4.84. The number of rotatable bonds is 6. The minimum absolute atomic E-state index is 0.0896. The van der Waals surface area contributed by atoms with Crippen molar-refractivity contribution in [2.24, 2.45) is 7.05 Å². The van der Waals surface area contributed by atoms with Crippen LogP contribution < -0.4 is 0 Å². The Kier molecular flexibility index (Phi) is 6.42. The summed E-state index contributed by atoms with van der Waals surface area (Å²) in [7, 11) is 1.94. The Morgan fingerprint density at radius 2 is 1.69 bits per heavy atom. The summed E-state index contributed by atoms with van der Waals surface area (Å²) in [5.74, 6) is 1.23. The van der Waals surface area contributed by atoms with Gasteiger partial charge < -0.3 is 9.47 Å². The van der Waals surface area contributed by atoms with E-state index >= 15 is 0 Å². The van der Waals surface area contributed by atoms with E-state index in [1.54, 1.807) is 0 Å². The van der Waals surface area contributed by atoms with Gasteiger partial charge in [-0.05, 0) is 38.8 Å². The Labute approximate surface area is 177 Å². The average Bonchev–Trinajstić information content (AvgIpc) is 3.05. The van der Waals surface area contributed by atoms with Gasteiger partial charge in [0.25, 0.3) is 0 Å². The van der Waals surface area contributed by atoms with Crippen molar-refractivity contribution in [1.29, 1.82) is 0 Å². The summed E-state index contributed by atoms with van der Waals surface area (Å²) in [6.45, 7) is 8.85. The summed E-state index contributed by atoms with van der Waals surface area (Å²) in [5, 5.41) is 9.41. The average molecular weight is 409 g/mol. The maximum absolute atomic E-state index is 13.1. The van der Waals surface area contributed by atoms with Crippen molar-refractivity contribution < 1.29 is 4.79 Å². The molecule has 1 heterocycles. The molecule has 0 spiro atoms. The van der Waals surface area contributed by atoms with Crippen LogP contribution in [0, 0.1) is 6.92 Å². The maximum atomic E-state index is 13.1. The Morgan fingerprint density at radius 1 is 1.03 bits per heavy atom. The molecule has 0 aliphatic carbocycles. The van der Waals surface area contributed by atoms with Gasteiger partial charge >= 0.3 is 0 Å². The molecule has 1 amide bonds. The molecule has 6 heteroatoms.